The van der Waals surface area contributed by atoms with Gasteiger partial charge in [-0.05, 0) is 0 Å². The largest absolute Gasteiger partial charge is 0.481 e. The Morgan fingerprint density at radius 2 is 2.29 bits per heavy atom. The summed E-state index contributed by atoms with van der Waals surface area (Å²) < 4.78 is 5.27. The summed E-state index contributed by atoms with van der Waals surface area (Å²) in [5.41, 5.74) is 0. The van der Waals surface area contributed by atoms with Gasteiger partial charge in [-0.1, -0.05) is 23.1 Å². The van der Waals surface area contributed by atoms with Gasteiger partial charge >= 0.3 is 5.97 Å². The molecule has 0 aromatic carbocycles. The van der Waals surface area contributed by atoms with Crippen LogP contribution in [0.4, 0.5) is 5.13 Å². The van der Waals surface area contributed by atoms with E-state index in [0.29, 0.717) is 16.1 Å². The molecule has 9 heteroatoms. The molecule has 1 aromatic rings. The number of methoxy groups -OCH3 is 1. The number of nitrogens with zero attached hydrogens (tertiary/aromatic N) is 2. The Balaban J connectivity index is 2.39. The summed E-state index contributed by atoms with van der Waals surface area (Å²) in [6, 6.07) is 0. The van der Waals surface area contributed by atoms with E-state index >= 15 is 0 Å². The molecule has 0 unspecified atom stereocenters. The second-order valence-corrected chi connectivity index (χ2v) is 5.05. The maximum absolute atomic E-state index is 11.3. The molecule has 0 aliphatic rings. The number of aromatic nitrogens is 2. The van der Waals surface area contributed by atoms with Crippen LogP contribution in [0.2, 0.25) is 0 Å². The highest BCUT2D eigenvalue weighted by Crippen LogP contribution is 2.25. The van der Waals surface area contributed by atoms with Gasteiger partial charge in [0, 0.05) is 7.11 Å². The second-order valence-electron chi connectivity index (χ2n) is 2.85. The molecule has 0 atom stereocenters. The minimum atomic E-state index is -0.920. The Hall–Kier alpha value is -1.19. The molecule has 94 valence electrons. The monoisotopic (exact) mass is 277 g/mol. The molecule has 1 heterocycles. The molecular weight excluding hydrogens is 266 g/mol. The van der Waals surface area contributed by atoms with Gasteiger partial charge in [-0.2, -0.15) is 0 Å². The first kappa shape index (κ1) is 13.9. The Morgan fingerprint density at radius 1 is 1.53 bits per heavy atom. The van der Waals surface area contributed by atoms with E-state index in [1.807, 2.05) is 0 Å². The lowest BCUT2D eigenvalue weighted by atomic mass is 10.4. The summed E-state index contributed by atoms with van der Waals surface area (Å²) in [6.07, 6.45) is 0.244. The third-order valence-electron chi connectivity index (χ3n) is 1.51. The quantitative estimate of drug-likeness (QED) is 0.558. The van der Waals surface area contributed by atoms with E-state index in [-0.39, 0.29) is 18.1 Å². The number of carboxylic acids is 1. The lowest BCUT2D eigenvalue weighted by Gasteiger charge is -1.98. The lowest BCUT2D eigenvalue weighted by Crippen LogP contribution is -2.13. The summed E-state index contributed by atoms with van der Waals surface area (Å²) >= 11 is 2.20. The second kappa shape index (κ2) is 7.20. The number of carboxylic acid groups (broad SMARTS) is 1. The van der Waals surface area contributed by atoms with Gasteiger partial charge in [-0.3, -0.25) is 9.59 Å². The van der Waals surface area contributed by atoms with E-state index in [9.17, 15) is 9.59 Å². The number of nitrogens with one attached hydrogen (secondary N) is 1. The van der Waals surface area contributed by atoms with Crippen molar-refractivity contribution in [3.05, 3.63) is 0 Å². The first-order valence-electron chi connectivity index (χ1n) is 4.58. The number of hydrogen-bond acceptors (Lipinski definition) is 7. The van der Waals surface area contributed by atoms with Gasteiger partial charge in [-0.15, -0.1) is 10.2 Å². The van der Waals surface area contributed by atoms with E-state index in [2.05, 4.69) is 15.5 Å². The first-order valence-corrected chi connectivity index (χ1v) is 6.39. The smallest absolute Gasteiger partial charge is 0.313 e. The van der Waals surface area contributed by atoms with Gasteiger partial charge < -0.3 is 15.2 Å². The van der Waals surface area contributed by atoms with Crippen molar-refractivity contribution in [2.45, 2.75) is 10.8 Å². The maximum Gasteiger partial charge on any atom is 0.313 e. The summed E-state index contributed by atoms with van der Waals surface area (Å²) in [5, 5.41) is 18.9. The maximum atomic E-state index is 11.3. The van der Waals surface area contributed by atoms with Crippen molar-refractivity contribution in [1.29, 1.82) is 0 Å². The van der Waals surface area contributed by atoms with Crippen LogP contribution in [0, 0.1) is 0 Å². The molecule has 0 fully saturated rings. The van der Waals surface area contributed by atoms with Crippen LogP contribution in [0.5, 0.6) is 0 Å². The zero-order chi connectivity index (χ0) is 12.7. The fourth-order valence-corrected chi connectivity index (χ4v) is 2.31. The van der Waals surface area contributed by atoms with Crippen molar-refractivity contribution in [2.24, 2.45) is 0 Å². The number of hydrogen-bond donors (Lipinski definition) is 2. The average molecular weight is 277 g/mol. The number of ether oxygens (including phenoxy) is 1. The van der Waals surface area contributed by atoms with Crippen LogP contribution in [0.25, 0.3) is 0 Å². The molecule has 0 saturated heterocycles. The highest BCUT2D eigenvalue weighted by molar-refractivity contribution is 8.01. The topological polar surface area (TPSA) is 101 Å². The van der Waals surface area contributed by atoms with Crippen molar-refractivity contribution < 1.29 is 19.4 Å². The van der Waals surface area contributed by atoms with Gasteiger partial charge in [0.1, 0.15) is 0 Å². The van der Waals surface area contributed by atoms with Crippen LogP contribution in [-0.2, 0) is 14.3 Å². The Kier molecular flexibility index (Phi) is 5.87. The molecule has 0 saturated carbocycles. The third-order valence-corrected chi connectivity index (χ3v) is 3.46. The standard InChI is InChI=1S/C8H11N3O4S2/c1-15-3-2-5(12)9-7-10-11-8(17-7)16-4-6(13)14/h2-4H2,1H3,(H,13,14)(H,9,10,12). The molecule has 1 amide bonds. The summed E-state index contributed by atoms with van der Waals surface area (Å²) in [6.45, 7) is 0.339. The van der Waals surface area contributed by atoms with E-state index in [0.717, 1.165) is 23.1 Å². The van der Waals surface area contributed by atoms with Crippen LogP contribution in [0.1, 0.15) is 6.42 Å². The van der Waals surface area contributed by atoms with Crippen molar-refractivity contribution in [2.75, 3.05) is 24.8 Å². The third kappa shape index (κ3) is 5.61. The molecule has 0 spiro atoms. The lowest BCUT2D eigenvalue weighted by molar-refractivity contribution is -0.133. The molecule has 0 bridgehead atoms. The SMILES string of the molecule is COCCC(=O)Nc1nnc(SCC(=O)O)s1. The van der Waals surface area contributed by atoms with Crippen LogP contribution in [0.3, 0.4) is 0 Å². The van der Waals surface area contributed by atoms with Crippen molar-refractivity contribution in [3.63, 3.8) is 0 Å². The fraction of sp³-hybridized carbons (Fsp3) is 0.500. The van der Waals surface area contributed by atoms with Crippen molar-refractivity contribution in [3.8, 4) is 0 Å². The summed E-state index contributed by atoms with van der Waals surface area (Å²) in [4.78, 5) is 21.6. The van der Waals surface area contributed by atoms with Gasteiger partial charge in [0.15, 0.2) is 4.34 Å². The number of anilines is 1. The minimum absolute atomic E-state index is 0.0771. The summed E-state index contributed by atoms with van der Waals surface area (Å²) in [5.74, 6) is -1.21. The van der Waals surface area contributed by atoms with Crippen LogP contribution >= 0.6 is 23.1 Å². The number of thioether (sulfide) groups is 1. The number of aliphatic carboxylic acids is 1. The first-order chi connectivity index (χ1) is 8.11. The molecule has 7 nitrogen and oxygen atoms in total. The molecular formula is C8H11N3O4S2. The van der Waals surface area contributed by atoms with Gasteiger partial charge in [0.2, 0.25) is 11.0 Å². The number of rotatable bonds is 7. The van der Waals surface area contributed by atoms with Crippen LogP contribution in [0.15, 0.2) is 4.34 Å². The Labute approximate surface area is 106 Å². The number of carbonyl (C=O) groups is 2. The minimum Gasteiger partial charge on any atom is -0.481 e. The van der Waals surface area contributed by atoms with Gasteiger partial charge in [0.05, 0.1) is 18.8 Å². The summed E-state index contributed by atoms with van der Waals surface area (Å²) in [7, 11) is 1.51. The van der Waals surface area contributed by atoms with Crippen LogP contribution < -0.4 is 5.32 Å². The highest BCUT2D eigenvalue weighted by atomic mass is 32.2. The van der Waals surface area contributed by atoms with Gasteiger partial charge in [-0.25, -0.2) is 0 Å². The van der Waals surface area contributed by atoms with Crippen LogP contribution in [-0.4, -0.2) is 46.6 Å². The van der Waals surface area contributed by atoms with Gasteiger partial charge in [0.25, 0.3) is 0 Å². The van der Waals surface area contributed by atoms with Crippen molar-refractivity contribution >= 4 is 40.1 Å². The Bertz CT molecular complexity index is 396. The molecule has 0 radical (unpaired) electrons. The fourth-order valence-electron chi connectivity index (χ4n) is 0.819. The molecule has 1 rings (SSSR count). The predicted octanol–water partition coefficient (Wildman–Crippen LogP) is 0.690. The van der Waals surface area contributed by atoms with E-state index in [4.69, 9.17) is 9.84 Å². The zero-order valence-corrected chi connectivity index (χ0v) is 10.6. The molecule has 17 heavy (non-hydrogen) atoms. The molecule has 2 N–H and O–H groups in total. The predicted molar refractivity (Wildman–Crippen MR) is 63.4 cm³/mol. The molecule has 0 aliphatic carbocycles. The Morgan fingerprint density at radius 3 is 2.94 bits per heavy atom. The van der Waals surface area contributed by atoms with E-state index in [1.54, 1.807) is 0 Å². The van der Waals surface area contributed by atoms with E-state index < -0.39 is 5.97 Å². The number of carbonyl (C=O) groups excluding carboxylic acids is 1. The van der Waals surface area contributed by atoms with E-state index in [1.165, 1.54) is 7.11 Å². The zero-order valence-electron chi connectivity index (χ0n) is 9.00. The van der Waals surface area contributed by atoms with Crippen molar-refractivity contribution in [1.82, 2.24) is 10.2 Å². The highest BCUT2D eigenvalue weighted by Gasteiger charge is 2.09. The average Bonchev–Trinajstić information content (AvgIpc) is 2.71. The normalized spacial score (nSPS) is 10.2. The number of amides is 1. The molecule has 0 aliphatic heterocycles. The molecule has 1 aromatic heterocycles.